The molecule has 0 fully saturated rings. The fourth-order valence-corrected chi connectivity index (χ4v) is 2.55. The lowest BCUT2D eigenvalue weighted by molar-refractivity contribution is 0.132. The lowest BCUT2D eigenvalue weighted by Gasteiger charge is -2.05. The number of thiophene rings is 1. The Morgan fingerprint density at radius 1 is 1.11 bits per heavy atom. The van der Waals surface area contributed by atoms with E-state index in [2.05, 4.69) is 29.1 Å². The second-order valence-corrected chi connectivity index (χ2v) is 5.44. The molecule has 1 N–H and O–H groups in total. The third kappa shape index (κ3) is 8.67. The van der Waals surface area contributed by atoms with E-state index in [1.54, 1.807) is 11.3 Å². The Bertz CT molecular complexity index is 261. The molecular weight excluding hydrogens is 242 g/mol. The van der Waals surface area contributed by atoms with E-state index in [9.17, 15) is 0 Å². The van der Waals surface area contributed by atoms with Crippen LogP contribution < -0.4 is 5.32 Å². The molecule has 0 aliphatic heterocycles. The highest BCUT2D eigenvalue weighted by Crippen LogP contribution is 2.05. The Kier molecular flexibility index (Phi) is 10.2. The summed E-state index contributed by atoms with van der Waals surface area (Å²) in [6.07, 6.45) is 7.70. The Morgan fingerprint density at radius 3 is 2.78 bits per heavy atom. The third-order valence-electron chi connectivity index (χ3n) is 2.99. The Labute approximate surface area is 116 Å². The minimum Gasteiger partial charge on any atom is -0.380 e. The lowest BCUT2D eigenvalue weighted by atomic mass is 10.2. The van der Waals surface area contributed by atoms with Crippen molar-refractivity contribution in [3.63, 3.8) is 0 Å². The molecular formula is C15H27NOS. The summed E-state index contributed by atoms with van der Waals surface area (Å²) in [6.45, 7) is 6.04. The van der Waals surface area contributed by atoms with Crippen molar-refractivity contribution >= 4 is 11.3 Å². The van der Waals surface area contributed by atoms with Crippen LogP contribution in [0.15, 0.2) is 16.8 Å². The normalized spacial score (nSPS) is 10.9. The monoisotopic (exact) mass is 269 g/mol. The summed E-state index contributed by atoms with van der Waals surface area (Å²) in [6, 6.07) is 2.19. The molecule has 0 aromatic carbocycles. The first-order valence-corrected chi connectivity index (χ1v) is 8.17. The van der Waals surface area contributed by atoms with Gasteiger partial charge >= 0.3 is 0 Å². The largest absolute Gasteiger partial charge is 0.380 e. The molecule has 3 heteroatoms. The van der Waals surface area contributed by atoms with E-state index in [-0.39, 0.29) is 0 Å². The van der Waals surface area contributed by atoms with Crippen LogP contribution in [0.4, 0.5) is 0 Å². The third-order valence-corrected chi connectivity index (χ3v) is 3.72. The first-order valence-electron chi connectivity index (χ1n) is 7.23. The highest BCUT2D eigenvalue weighted by atomic mass is 32.1. The van der Waals surface area contributed by atoms with Gasteiger partial charge in [-0.05, 0) is 41.8 Å². The number of hydrogen-bond acceptors (Lipinski definition) is 3. The summed E-state index contributed by atoms with van der Waals surface area (Å²) in [5.41, 5.74) is 1.43. The van der Waals surface area contributed by atoms with Gasteiger partial charge in [0, 0.05) is 13.2 Å². The van der Waals surface area contributed by atoms with Gasteiger partial charge in [0.25, 0.3) is 0 Å². The van der Waals surface area contributed by atoms with Crippen molar-refractivity contribution in [2.24, 2.45) is 0 Å². The summed E-state index contributed by atoms with van der Waals surface area (Å²) in [5, 5.41) is 7.77. The van der Waals surface area contributed by atoms with E-state index >= 15 is 0 Å². The molecule has 18 heavy (non-hydrogen) atoms. The lowest BCUT2D eigenvalue weighted by Crippen LogP contribution is -2.22. The Balaban J connectivity index is 1.73. The van der Waals surface area contributed by atoms with Gasteiger partial charge in [-0.2, -0.15) is 11.3 Å². The van der Waals surface area contributed by atoms with Crippen LogP contribution in [-0.2, 0) is 11.2 Å². The summed E-state index contributed by atoms with van der Waals surface area (Å²) in [4.78, 5) is 0. The Hall–Kier alpha value is -0.380. The zero-order valence-electron chi connectivity index (χ0n) is 11.6. The topological polar surface area (TPSA) is 21.3 Å². The molecule has 0 saturated carbocycles. The summed E-state index contributed by atoms with van der Waals surface area (Å²) >= 11 is 1.77. The molecule has 0 spiro atoms. The van der Waals surface area contributed by atoms with Gasteiger partial charge in [-0.25, -0.2) is 0 Å². The molecule has 0 amide bonds. The summed E-state index contributed by atoms with van der Waals surface area (Å²) in [7, 11) is 0. The van der Waals surface area contributed by atoms with Crippen LogP contribution in [0.25, 0.3) is 0 Å². The van der Waals surface area contributed by atoms with E-state index in [1.807, 2.05) is 0 Å². The maximum absolute atomic E-state index is 5.59. The predicted molar refractivity (Wildman–Crippen MR) is 80.5 cm³/mol. The van der Waals surface area contributed by atoms with Crippen LogP contribution in [0.3, 0.4) is 0 Å². The molecule has 0 aliphatic carbocycles. The molecule has 0 aliphatic rings. The average molecular weight is 269 g/mol. The van der Waals surface area contributed by atoms with Crippen molar-refractivity contribution < 1.29 is 4.74 Å². The van der Waals surface area contributed by atoms with Crippen LogP contribution in [0.2, 0.25) is 0 Å². The molecule has 1 heterocycles. The van der Waals surface area contributed by atoms with Crippen LogP contribution in [0, 0.1) is 0 Å². The fourth-order valence-electron chi connectivity index (χ4n) is 1.85. The van der Waals surface area contributed by atoms with Crippen molar-refractivity contribution in [2.45, 2.75) is 45.4 Å². The molecule has 0 unspecified atom stereocenters. The molecule has 0 radical (unpaired) electrons. The van der Waals surface area contributed by atoms with Crippen molar-refractivity contribution in [1.82, 2.24) is 5.32 Å². The summed E-state index contributed by atoms with van der Waals surface area (Å²) in [5.74, 6) is 0. The van der Waals surface area contributed by atoms with Gasteiger partial charge in [0.15, 0.2) is 0 Å². The molecule has 1 aromatic rings. The quantitative estimate of drug-likeness (QED) is 0.582. The van der Waals surface area contributed by atoms with Gasteiger partial charge in [0.05, 0.1) is 6.61 Å². The molecule has 0 saturated heterocycles. The predicted octanol–water partition coefficient (Wildman–Crippen LogP) is 3.87. The highest BCUT2D eigenvalue weighted by molar-refractivity contribution is 7.07. The average Bonchev–Trinajstić information content (AvgIpc) is 2.89. The maximum Gasteiger partial charge on any atom is 0.0590 e. The molecule has 104 valence electrons. The van der Waals surface area contributed by atoms with Crippen molar-refractivity contribution in [3.8, 4) is 0 Å². The van der Waals surface area contributed by atoms with E-state index in [0.29, 0.717) is 0 Å². The highest BCUT2D eigenvalue weighted by Gasteiger charge is 1.93. The smallest absolute Gasteiger partial charge is 0.0590 e. The SMILES string of the molecule is CCCCCCCOCCNCCc1ccsc1. The van der Waals surface area contributed by atoms with Gasteiger partial charge in [-0.15, -0.1) is 0 Å². The minimum absolute atomic E-state index is 0.845. The van der Waals surface area contributed by atoms with Gasteiger partial charge in [-0.1, -0.05) is 32.6 Å². The molecule has 0 bridgehead atoms. The summed E-state index contributed by atoms with van der Waals surface area (Å²) < 4.78 is 5.59. The molecule has 2 nitrogen and oxygen atoms in total. The number of rotatable bonds is 12. The van der Waals surface area contributed by atoms with E-state index < -0.39 is 0 Å². The number of unbranched alkanes of at least 4 members (excludes halogenated alkanes) is 4. The van der Waals surface area contributed by atoms with Crippen LogP contribution >= 0.6 is 11.3 Å². The van der Waals surface area contributed by atoms with Gasteiger partial charge < -0.3 is 10.1 Å². The Morgan fingerprint density at radius 2 is 2.00 bits per heavy atom. The van der Waals surface area contributed by atoms with E-state index in [4.69, 9.17) is 4.74 Å². The zero-order chi connectivity index (χ0) is 12.9. The number of ether oxygens (including phenoxy) is 1. The first kappa shape index (κ1) is 15.7. The number of nitrogens with one attached hydrogen (secondary N) is 1. The zero-order valence-corrected chi connectivity index (χ0v) is 12.4. The first-order chi connectivity index (χ1) is 8.93. The van der Waals surface area contributed by atoms with Gasteiger partial charge in [-0.3, -0.25) is 0 Å². The van der Waals surface area contributed by atoms with Crippen LogP contribution in [0.1, 0.15) is 44.6 Å². The second-order valence-electron chi connectivity index (χ2n) is 4.66. The van der Waals surface area contributed by atoms with Crippen molar-refractivity contribution in [1.29, 1.82) is 0 Å². The molecule has 1 rings (SSSR count). The van der Waals surface area contributed by atoms with E-state index in [0.717, 1.165) is 32.7 Å². The van der Waals surface area contributed by atoms with Gasteiger partial charge in [0.1, 0.15) is 0 Å². The fraction of sp³-hybridized carbons (Fsp3) is 0.733. The minimum atomic E-state index is 0.845. The molecule has 0 atom stereocenters. The van der Waals surface area contributed by atoms with Crippen LogP contribution in [0.5, 0.6) is 0 Å². The second kappa shape index (κ2) is 11.7. The van der Waals surface area contributed by atoms with Crippen molar-refractivity contribution in [3.05, 3.63) is 22.4 Å². The standard InChI is InChI=1S/C15H27NOS/c1-2-3-4-5-6-11-17-12-10-16-9-7-15-8-13-18-14-15/h8,13-14,16H,2-7,9-12H2,1H3. The number of hydrogen-bond donors (Lipinski definition) is 1. The van der Waals surface area contributed by atoms with Crippen molar-refractivity contribution in [2.75, 3.05) is 26.3 Å². The van der Waals surface area contributed by atoms with Crippen LogP contribution in [-0.4, -0.2) is 26.3 Å². The van der Waals surface area contributed by atoms with E-state index in [1.165, 1.54) is 37.7 Å². The maximum atomic E-state index is 5.59. The molecule has 1 aromatic heterocycles. The van der Waals surface area contributed by atoms with Gasteiger partial charge in [0.2, 0.25) is 0 Å².